The van der Waals surface area contributed by atoms with Gasteiger partial charge >= 0.3 is 6.16 Å². The van der Waals surface area contributed by atoms with E-state index in [1.807, 2.05) is 6.92 Å². The third kappa shape index (κ3) is 1.10. The second-order valence-corrected chi connectivity index (χ2v) is 1.32. The molecule has 0 saturated carbocycles. The first kappa shape index (κ1) is 7.23. The van der Waals surface area contributed by atoms with Crippen LogP contribution in [0.4, 0.5) is 4.79 Å². The van der Waals surface area contributed by atoms with Gasteiger partial charge in [-0.05, 0) is 0 Å². The SMILES string of the molecule is CCC1OC(=O)O1.O. The molecule has 0 radical (unpaired) electrons. The second-order valence-electron chi connectivity index (χ2n) is 1.32. The van der Waals surface area contributed by atoms with E-state index in [1.54, 1.807) is 0 Å². The van der Waals surface area contributed by atoms with Crippen LogP contribution in [-0.2, 0) is 9.47 Å². The number of rotatable bonds is 1. The Balaban J connectivity index is 0.000000490. The molecule has 4 nitrogen and oxygen atoms in total. The lowest BCUT2D eigenvalue weighted by molar-refractivity contribution is -0.182. The van der Waals surface area contributed by atoms with Crippen molar-refractivity contribution in [3.8, 4) is 0 Å². The van der Waals surface area contributed by atoms with E-state index in [4.69, 9.17) is 0 Å². The number of carbonyl (C=O) groups is 1. The van der Waals surface area contributed by atoms with E-state index in [2.05, 4.69) is 9.47 Å². The van der Waals surface area contributed by atoms with Gasteiger partial charge in [0, 0.05) is 6.42 Å². The van der Waals surface area contributed by atoms with E-state index in [0.29, 0.717) is 0 Å². The van der Waals surface area contributed by atoms with Crippen molar-refractivity contribution in [2.24, 2.45) is 0 Å². The van der Waals surface area contributed by atoms with Gasteiger partial charge in [0.1, 0.15) is 0 Å². The highest BCUT2D eigenvalue weighted by atomic mass is 16.9. The summed E-state index contributed by atoms with van der Waals surface area (Å²) >= 11 is 0. The fourth-order valence-electron chi connectivity index (χ4n) is 0.390. The summed E-state index contributed by atoms with van der Waals surface area (Å²) in [5.74, 6) is 0. The first-order valence-corrected chi connectivity index (χ1v) is 2.20. The van der Waals surface area contributed by atoms with Gasteiger partial charge in [0.2, 0.25) is 0 Å². The van der Waals surface area contributed by atoms with Crippen LogP contribution < -0.4 is 0 Å². The van der Waals surface area contributed by atoms with Crippen LogP contribution in [0.15, 0.2) is 0 Å². The lowest BCUT2D eigenvalue weighted by Gasteiger charge is -2.23. The summed E-state index contributed by atoms with van der Waals surface area (Å²) in [6.45, 7) is 1.89. The van der Waals surface area contributed by atoms with Crippen LogP contribution in [-0.4, -0.2) is 17.9 Å². The first-order chi connectivity index (χ1) is 3.33. The predicted molar refractivity (Wildman–Crippen MR) is 25.3 cm³/mol. The Kier molecular flexibility index (Phi) is 2.27. The van der Waals surface area contributed by atoms with Gasteiger partial charge in [-0.15, -0.1) is 0 Å². The van der Waals surface area contributed by atoms with Crippen LogP contribution in [0, 0.1) is 0 Å². The predicted octanol–water partition coefficient (Wildman–Crippen LogP) is 0.0646. The maximum atomic E-state index is 9.82. The second kappa shape index (κ2) is 2.52. The Bertz CT molecular complexity index is 82.0. The number of carbonyl (C=O) groups excluding carboxylic acids is 1. The molecule has 0 amide bonds. The molecule has 1 aliphatic heterocycles. The number of hydrogen-bond acceptors (Lipinski definition) is 3. The van der Waals surface area contributed by atoms with E-state index in [1.165, 1.54) is 0 Å². The fraction of sp³-hybridized carbons (Fsp3) is 0.750. The smallest absolute Gasteiger partial charge is 0.412 e. The van der Waals surface area contributed by atoms with Crippen molar-refractivity contribution in [3.63, 3.8) is 0 Å². The maximum Gasteiger partial charge on any atom is 0.514 e. The third-order valence-corrected chi connectivity index (χ3v) is 0.789. The molecule has 0 unspecified atom stereocenters. The fourth-order valence-corrected chi connectivity index (χ4v) is 0.390. The largest absolute Gasteiger partial charge is 0.514 e. The zero-order valence-electron chi connectivity index (χ0n) is 4.51. The minimum Gasteiger partial charge on any atom is -0.412 e. The van der Waals surface area contributed by atoms with Crippen molar-refractivity contribution >= 4 is 6.16 Å². The molecule has 1 aliphatic rings. The first-order valence-electron chi connectivity index (χ1n) is 2.20. The standard InChI is InChI=1S/C4H6O3.H2O/c1-2-3-6-4(5)7-3;/h3H,2H2,1H3;1H2. The summed E-state index contributed by atoms with van der Waals surface area (Å²) in [7, 11) is 0. The molecule has 8 heavy (non-hydrogen) atoms. The van der Waals surface area contributed by atoms with Gasteiger partial charge < -0.3 is 14.9 Å². The van der Waals surface area contributed by atoms with Crippen molar-refractivity contribution in [2.75, 3.05) is 0 Å². The van der Waals surface area contributed by atoms with Gasteiger partial charge in [0.25, 0.3) is 6.29 Å². The summed E-state index contributed by atoms with van der Waals surface area (Å²) in [5.41, 5.74) is 0. The Hall–Kier alpha value is -0.770. The Morgan fingerprint density at radius 3 is 2.25 bits per heavy atom. The van der Waals surface area contributed by atoms with Crippen molar-refractivity contribution in [1.29, 1.82) is 0 Å². The molecule has 0 atom stereocenters. The normalized spacial score (nSPS) is 17.4. The summed E-state index contributed by atoms with van der Waals surface area (Å²) < 4.78 is 8.85. The van der Waals surface area contributed by atoms with Crippen molar-refractivity contribution in [2.45, 2.75) is 19.6 Å². The summed E-state index contributed by atoms with van der Waals surface area (Å²) in [5, 5.41) is 0. The van der Waals surface area contributed by atoms with Crippen LogP contribution in [0.5, 0.6) is 0 Å². The molecule has 2 N–H and O–H groups in total. The van der Waals surface area contributed by atoms with Gasteiger partial charge in [-0.3, -0.25) is 0 Å². The highest BCUT2D eigenvalue weighted by Crippen LogP contribution is 2.12. The Morgan fingerprint density at radius 1 is 1.62 bits per heavy atom. The van der Waals surface area contributed by atoms with E-state index in [-0.39, 0.29) is 11.8 Å². The molecule has 1 rings (SSSR count). The molecule has 0 aromatic heterocycles. The molecule has 0 aromatic carbocycles. The van der Waals surface area contributed by atoms with E-state index >= 15 is 0 Å². The number of hydrogen-bond donors (Lipinski definition) is 0. The quantitative estimate of drug-likeness (QED) is 0.459. The molecule has 1 saturated heterocycles. The highest BCUT2D eigenvalue weighted by Gasteiger charge is 2.27. The molecule has 0 spiro atoms. The van der Waals surface area contributed by atoms with E-state index in [9.17, 15) is 4.79 Å². The maximum absolute atomic E-state index is 9.82. The summed E-state index contributed by atoms with van der Waals surface area (Å²) in [4.78, 5) is 9.82. The Labute approximate surface area is 46.7 Å². The molecule has 0 aliphatic carbocycles. The topological polar surface area (TPSA) is 67.0 Å². The summed E-state index contributed by atoms with van der Waals surface area (Å²) in [6, 6.07) is 0. The lowest BCUT2D eigenvalue weighted by Crippen LogP contribution is -2.34. The number of cyclic esters (lactones) is 2. The molecular weight excluding hydrogens is 112 g/mol. The third-order valence-electron chi connectivity index (χ3n) is 0.789. The van der Waals surface area contributed by atoms with Crippen molar-refractivity contribution in [1.82, 2.24) is 0 Å². The zero-order chi connectivity index (χ0) is 5.28. The van der Waals surface area contributed by atoms with Gasteiger partial charge in [0.15, 0.2) is 0 Å². The van der Waals surface area contributed by atoms with Crippen LogP contribution in [0.1, 0.15) is 13.3 Å². The van der Waals surface area contributed by atoms with Crippen LogP contribution in [0.3, 0.4) is 0 Å². The van der Waals surface area contributed by atoms with Gasteiger partial charge in [-0.25, -0.2) is 4.79 Å². The Morgan fingerprint density at radius 2 is 2.12 bits per heavy atom. The minimum atomic E-state index is -0.549. The molecule has 48 valence electrons. The minimum absolute atomic E-state index is 0. The molecule has 4 heteroatoms. The van der Waals surface area contributed by atoms with E-state index < -0.39 is 6.16 Å². The van der Waals surface area contributed by atoms with Gasteiger partial charge in [-0.2, -0.15) is 0 Å². The number of ether oxygens (including phenoxy) is 2. The zero-order valence-corrected chi connectivity index (χ0v) is 4.51. The van der Waals surface area contributed by atoms with Gasteiger partial charge in [-0.1, -0.05) is 6.92 Å². The van der Waals surface area contributed by atoms with Crippen molar-refractivity contribution in [3.05, 3.63) is 0 Å². The molecule has 0 bridgehead atoms. The van der Waals surface area contributed by atoms with E-state index in [0.717, 1.165) is 6.42 Å². The highest BCUT2D eigenvalue weighted by molar-refractivity contribution is 5.63. The molecule has 1 heterocycles. The average Bonchev–Trinajstić information content (AvgIpc) is 1.58. The van der Waals surface area contributed by atoms with Crippen LogP contribution in [0.25, 0.3) is 0 Å². The van der Waals surface area contributed by atoms with Crippen molar-refractivity contribution < 1.29 is 19.7 Å². The van der Waals surface area contributed by atoms with Crippen LogP contribution in [0.2, 0.25) is 0 Å². The van der Waals surface area contributed by atoms with Crippen LogP contribution >= 0.6 is 0 Å². The monoisotopic (exact) mass is 120 g/mol. The van der Waals surface area contributed by atoms with Gasteiger partial charge in [0.05, 0.1) is 0 Å². The average molecular weight is 120 g/mol. The molecular formula is C4H8O4. The molecule has 1 fully saturated rings. The molecule has 0 aromatic rings. The lowest BCUT2D eigenvalue weighted by atomic mass is 10.4. The summed E-state index contributed by atoms with van der Waals surface area (Å²) in [6.07, 6.45) is -0.0644.